The molecular formula is C22H28ClN5O4S. The number of hydrogen-bond donors (Lipinski definition) is 1. The molecule has 0 unspecified atom stereocenters. The lowest BCUT2D eigenvalue weighted by atomic mass is 9.97. The van der Waals surface area contributed by atoms with Crippen molar-refractivity contribution >= 4 is 33.6 Å². The second-order valence-corrected chi connectivity index (χ2v) is 11.2. The van der Waals surface area contributed by atoms with Crippen LogP contribution in [0, 0.1) is 23.2 Å². The lowest BCUT2D eigenvalue weighted by molar-refractivity contribution is -0.142. The van der Waals surface area contributed by atoms with E-state index in [2.05, 4.69) is 11.4 Å². The molecule has 0 saturated carbocycles. The van der Waals surface area contributed by atoms with E-state index in [1.165, 1.54) is 8.61 Å². The van der Waals surface area contributed by atoms with Crippen molar-refractivity contribution in [1.82, 2.24) is 18.8 Å². The molecule has 1 aromatic rings. The maximum Gasteiger partial charge on any atom is 0.282 e. The summed E-state index contributed by atoms with van der Waals surface area (Å²) in [4.78, 5) is 27.8. The normalized spacial score (nSPS) is 24.8. The van der Waals surface area contributed by atoms with Crippen molar-refractivity contribution in [1.29, 1.82) is 5.26 Å². The van der Waals surface area contributed by atoms with Gasteiger partial charge in [0, 0.05) is 44.3 Å². The third kappa shape index (κ3) is 5.01. The summed E-state index contributed by atoms with van der Waals surface area (Å²) < 4.78 is 28.4. The van der Waals surface area contributed by atoms with Crippen molar-refractivity contribution in [3.05, 3.63) is 34.9 Å². The van der Waals surface area contributed by atoms with Gasteiger partial charge in [-0.05, 0) is 37.3 Å². The predicted octanol–water partition coefficient (Wildman–Crippen LogP) is 1.36. The molecule has 3 saturated heterocycles. The van der Waals surface area contributed by atoms with Gasteiger partial charge in [-0.1, -0.05) is 29.8 Å². The van der Waals surface area contributed by atoms with Crippen molar-refractivity contribution in [2.24, 2.45) is 11.8 Å². The molecule has 3 heterocycles. The number of amides is 2. The van der Waals surface area contributed by atoms with Gasteiger partial charge in [0.2, 0.25) is 11.8 Å². The zero-order valence-electron chi connectivity index (χ0n) is 18.3. The van der Waals surface area contributed by atoms with Crippen LogP contribution in [-0.2, 0) is 26.3 Å². The minimum atomic E-state index is -3.68. The average molecular weight is 494 g/mol. The molecule has 3 aliphatic rings. The van der Waals surface area contributed by atoms with Gasteiger partial charge in [0.25, 0.3) is 10.2 Å². The van der Waals surface area contributed by atoms with E-state index in [4.69, 9.17) is 16.9 Å². The molecule has 2 atom stereocenters. The summed E-state index contributed by atoms with van der Waals surface area (Å²) in [6, 6.07) is 8.80. The number of benzene rings is 1. The lowest BCUT2D eigenvalue weighted by Gasteiger charge is -2.41. The highest BCUT2D eigenvalue weighted by Crippen LogP contribution is 2.29. The molecule has 0 spiro atoms. The number of rotatable bonds is 6. The molecule has 9 nitrogen and oxygen atoms in total. The number of piperidine rings is 1. The summed E-state index contributed by atoms with van der Waals surface area (Å²) in [5.74, 6) is -1.12. The highest BCUT2D eigenvalue weighted by molar-refractivity contribution is 7.86. The Morgan fingerprint density at radius 3 is 2.55 bits per heavy atom. The van der Waals surface area contributed by atoms with Gasteiger partial charge in [-0.25, -0.2) is 0 Å². The molecule has 0 bridgehead atoms. The Morgan fingerprint density at radius 2 is 1.82 bits per heavy atom. The zero-order valence-corrected chi connectivity index (χ0v) is 19.9. The summed E-state index contributed by atoms with van der Waals surface area (Å²) in [6.45, 7) is 1.65. The first-order valence-electron chi connectivity index (χ1n) is 11.3. The molecule has 1 N–H and O–H groups in total. The third-order valence-corrected chi connectivity index (χ3v) is 8.97. The topological polar surface area (TPSA) is 114 Å². The third-order valence-electron chi connectivity index (χ3n) is 6.67. The Labute approximate surface area is 199 Å². The second kappa shape index (κ2) is 9.97. The number of hydrogen-bond acceptors (Lipinski definition) is 5. The second-order valence-electron chi connectivity index (χ2n) is 8.85. The van der Waals surface area contributed by atoms with E-state index in [9.17, 15) is 18.0 Å². The molecular weight excluding hydrogens is 466 g/mol. The van der Waals surface area contributed by atoms with Crippen molar-refractivity contribution in [3.8, 4) is 6.07 Å². The van der Waals surface area contributed by atoms with Gasteiger partial charge in [-0.2, -0.15) is 22.3 Å². The van der Waals surface area contributed by atoms with Crippen LogP contribution >= 0.6 is 11.6 Å². The number of carbonyl (C=O) groups excluding carboxylic acids is 2. The Morgan fingerprint density at radius 1 is 1.09 bits per heavy atom. The van der Waals surface area contributed by atoms with Gasteiger partial charge >= 0.3 is 0 Å². The fourth-order valence-electron chi connectivity index (χ4n) is 4.70. The predicted molar refractivity (Wildman–Crippen MR) is 122 cm³/mol. The van der Waals surface area contributed by atoms with Crippen LogP contribution in [0.1, 0.15) is 31.2 Å². The first kappa shape index (κ1) is 24.0. The van der Waals surface area contributed by atoms with Gasteiger partial charge in [0.05, 0.1) is 17.9 Å². The fraction of sp³-hybridized carbons (Fsp3) is 0.591. The summed E-state index contributed by atoms with van der Waals surface area (Å²) in [5, 5.41) is 12.4. The highest BCUT2D eigenvalue weighted by Gasteiger charge is 2.44. The molecule has 4 rings (SSSR count). The quantitative estimate of drug-likeness (QED) is 0.642. The van der Waals surface area contributed by atoms with Gasteiger partial charge in [0.1, 0.15) is 6.04 Å². The van der Waals surface area contributed by atoms with Crippen LogP contribution in [0.2, 0.25) is 5.02 Å². The lowest BCUT2D eigenvalue weighted by Crippen LogP contribution is -2.57. The van der Waals surface area contributed by atoms with E-state index in [0.29, 0.717) is 37.4 Å². The molecule has 2 amide bonds. The zero-order chi connectivity index (χ0) is 23.6. The highest BCUT2D eigenvalue weighted by atomic mass is 35.5. The number of halogens is 1. The Balaban J connectivity index is 1.37. The summed E-state index contributed by atoms with van der Waals surface area (Å²) >= 11 is 6.16. The molecule has 0 aromatic heterocycles. The number of nitriles is 1. The van der Waals surface area contributed by atoms with Crippen LogP contribution in [0.15, 0.2) is 24.3 Å². The van der Waals surface area contributed by atoms with Crippen LogP contribution in [0.5, 0.6) is 0 Å². The van der Waals surface area contributed by atoms with Crippen molar-refractivity contribution in [2.45, 2.75) is 38.3 Å². The number of nitrogens with one attached hydrogen (secondary N) is 1. The molecule has 11 heteroatoms. The largest absolute Gasteiger partial charge is 0.350 e. The number of carbonyl (C=O) groups is 2. The fourth-order valence-corrected chi connectivity index (χ4v) is 6.70. The summed E-state index contributed by atoms with van der Waals surface area (Å²) in [6.07, 6.45) is 2.49. The maximum atomic E-state index is 13.3. The maximum absolute atomic E-state index is 13.3. The Hall–Kier alpha value is -2.19. The number of nitrogens with zero attached hydrogens (tertiary/aromatic N) is 4. The van der Waals surface area contributed by atoms with E-state index in [0.717, 1.165) is 12.0 Å². The molecule has 0 aliphatic carbocycles. The molecule has 0 radical (unpaired) electrons. The summed E-state index contributed by atoms with van der Waals surface area (Å²) in [7, 11) is -3.68. The van der Waals surface area contributed by atoms with Crippen LogP contribution in [-0.4, -0.2) is 72.5 Å². The van der Waals surface area contributed by atoms with Crippen LogP contribution in [0.4, 0.5) is 0 Å². The van der Waals surface area contributed by atoms with E-state index >= 15 is 0 Å². The van der Waals surface area contributed by atoms with Gasteiger partial charge < -0.3 is 10.2 Å². The SMILES string of the molecule is N#CC1CN(S(=O)(=O)N2CCC[C@H](C(=O)N3CCC[C@@H]3C(=O)NCc3ccccc3Cl)C2)C1. The Bertz CT molecular complexity index is 1050. The van der Waals surface area contributed by atoms with E-state index < -0.39 is 22.2 Å². The molecule has 3 fully saturated rings. The van der Waals surface area contributed by atoms with E-state index in [1.807, 2.05) is 18.2 Å². The van der Waals surface area contributed by atoms with E-state index in [1.54, 1.807) is 11.0 Å². The minimum absolute atomic E-state index is 0.110. The first-order chi connectivity index (χ1) is 15.8. The van der Waals surface area contributed by atoms with Crippen LogP contribution < -0.4 is 5.32 Å². The first-order valence-corrected chi connectivity index (χ1v) is 13.0. The molecule has 178 valence electrons. The Kier molecular flexibility index (Phi) is 7.24. The smallest absolute Gasteiger partial charge is 0.282 e. The van der Waals surface area contributed by atoms with E-state index in [-0.39, 0.29) is 43.9 Å². The van der Waals surface area contributed by atoms with Gasteiger partial charge in [-0.3, -0.25) is 9.59 Å². The van der Waals surface area contributed by atoms with Crippen molar-refractivity contribution in [3.63, 3.8) is 0 Å². The minimum Gasteiger partial charge on any atom is -0.350 e. The monoisotopic (exact) mass is 493 g/mol. The molecule has 3 aliphatic heterocycles. The number of likely N-dealkylation sites (tertiary alicyclic amines) is 1. The molecule has 1 aromatic carbocycles. The summed E-state index contributed by atoms with van der Waals surface area (Å²) in [5.41, 5.74) is 0.807. The molecule has 33 heavy (non-hydrogen) atoms. The van der Waals surface area contributed by atoms with Crippen LogP contribution in [0.25, 0.3) is 0 Å². The van der Waals surface area contributed by atoms with Crippen molar-refractivity contribution < 1.29 is 18.0 Å². The van der Waals surface area contributed by atoms with Crippen molar-refractivity contribution in [2.75, 3.05) is 32.7 Å². The standard InChI is InChI=1S/C22H28ClN5O4S/c23-19-7-2-1-5-17(19)12-25-21(29)20-8-4-10-28(20)22(30)18-6-3-9-26(15-18)33(31,32)27-13-16(11-24)14-27/h1-2,5,7,16,18,20H,3-4,6,8-10,12-15H2,(H,25,29)/t18-,20+/m0/s1. The average Bonchev–Trinajstić information content (AvgIpc) is 3.27. The van der Waals surface area contributed by atoms with Gasteiger partial charge in [-0.15, -0.1) is 0 Å². The van der Waals surface area contributed by atoms with Gasteiger partial charge in [0.15, 0.2) is 0 Å². The van der Waals surface area contributed by atoms with Crippen LogP contribution in [0.3, 0.4) is 0 Å².